The van der Waals surface area contributed by atoms with Crippen molar-refractivity contribution >= 4 is 0 Å². The lowest BCUT2D eigenvalue weighted by atomic mass is 9.79. The number of hydrogen-bond donors (Lipinski definition) is 0. The summed E-state index contributed by atoms with van der Waals surface area (Å²) in [5, 5.41) is 0. The fourth-order valence-corrected chi connectivity index (χ4v) is 4.61. The number of hydrogen-bond acceptors (Lipinski definition) is 1. The topological polar surface area (TPSA) is 3.24 Å². The summed E-state index contributed by atoms with van der Waals surface area (Å²) in [4.78, 5) is 2.51. The lowest BCUT2D eigenvalue weighted by molar-refractivity contribution is 0.184. The highest BCUT2D eigenvalue weighted by Crippen LogP contribution is 2.52. The van der Waals surface area contributed by atoms with Crippen molar-refractivity contribution in [2.75, 3.05) is 20.1 Å². The Hall–Kier alpha value is -1.60. The molecule has 114 valence electrons. The number of aryl methyl sites for hydroxylation is 2. The summed E-state index contributed by atoms with van der Waals surface area (Å²) >= 11 is 0. The Morgan fingerprint density at radius 3 is 2.41 bits per heavy atom. The number of rotatable bonds is 1. The fourth-order valence-electron chi connectivity index (χ4n) is 4.61. The van der Waals surface area contributed by atoms with Gasteiger partial charge in [0.1, 0.15) is 0 Å². The van der Waals surface area contributed by atoms with Gasteiger partial charge in [-0.15, -0.1) is 0 Å². The van der Waals surface area contributed by atoms with Crippen molar-refractivity contribution < 1.29 is 0 Å². The molecule has 4 rings (SSSR count). The van der Waals surface area contributed by atoms with Gasteiger partial charge in [0, 0.05) is 12.5 Å². The first-order chi connectivity index (χ1) is 10.6. The van der Waals surface area contributed by atoms with E-state index in [1.807, 2.05) is 0 Å². The van der Waals surface area contributed by atoms with Crippen molar-refractivity contribution in [1.29, 1.82) is 0 Å². The molecular weight excluding hydrogens is 266 g/mol. The average molecular weight is 291 g/mol. The van der Waals surface area contributed by atoms with E-state index in [9.17, 15) is 0 Å². The molecule has 0 spiro atoms. The van der Waals surface area contributed by atoms with Gasteiger partial charge in [-0.2, -0.15) is 0 Å². The quantitative estimate of drug-likeness (QED) is 0.748. The maximum Gasteiger partial charge on any atom is 0.0139 e. The van der Waals surface area contributed by atoms with Crippen LogP contribution in [0.25, 0.3) is 0 Å². The average Bonchev–Trinajstić information content (AvgIpc) is 2.80. The lowest BCUT2D eigenvalue weighted by Crippen LogP contribution is -2.36. The minimum atomic E-state index is 0.572. The monoisotopic (exact) mass is 291 g/mol. The SMILES string of the molecule is Cc1ccc(C2c3cc(C)ccc3C3CCN(C)CC32)cc1. The van der Waals surface area contributed by atoms with E-state index in [2.05, 4.69) is 68.3 Å². The van der Waals surface area contributed by atoms with Gasteiger partial charge in [-0.05, 0) is 62.4 Å². The molecule has 2 aromatic carbocycles. The Labute approximate surface area is 134 Å². The third-order valence-electron chi connectivity index (χ3n) is 5.70. The van der Waals surface area contributed by atoms with Gasteiger partial charge in [-0.3, -0.25) is 0 Å². The third kappa shape index (κ3) is 2.19. The third-order valence-corrected chi connectivity index (χ3v) is 5.70. The summed E-state index contributed by atoms with van der Waals surface area (Å²) in [5.74, 6) is 2.06. The normalized spacial score (nSPS) is 27.5. The smallest absolute Gasteiger partial charge is 0.0139 e. The molecule has 0 radical (unpaired) electrons. The summed E-state index contributed by atoms with van der Waals surface area (Å²) in [5.41, 5.74) is 7.45. The predicted octanol–water partition coefficient (Wildman–Crippen LogP) is 4.48. The zero-order valence-corrected chi connectivity index (χ0v) is 13.8. The molecule has 1 nitrogen and oxygen atoms in total. The van der Waals surface area contributed by atoms with Crippen LogP contribution in [0.4, 0.5) is 0 Å². The summed E-state index contributed by atoms with van der Waals surface area (Å²) in [6.07, 6.45) is 1.31. The molecule has 0 N–H and O–H groups in total. The van der Waals surface area contributed by atoms with Crippen LogP contribution in [0.2, 0.25) is 0 Å². The fraction of sp³-hybridized carbons (Fsp3) is 0.429. The molecule has 0 saturated carbocycles. The largest absolute Gasteiger partial charge is 0.306 e. The minimum Gasteiger partial charge on any atom is -0.306 e. The number of nitrogens with zero attached hydrogens (tertiary/aromatic N) is 1. The Morgan fingerprint density at radius 1 is 0.909 bits per heavy atom. The molecular formula is C21H25N. The molecule has 0 aromatic heterocycles. The molecule has 3 unspecified atom stereocenters. The van der Waals surface area contributed by atoms with E-state index in [0.29, 0.717) is 5.92 Å². The van der Waals surface area contributed by atoms with Gasteiger partial charge in [0.25, 0.3) is 0 Å². The summed E-state index contributed by atoms with van der Waals surface area (Å²) in [6, 6.07) is 16.4. The molecule has 1 heterocycles. The zero-order valence-electron chi connectivity index (χ0n) is 13.8. The molecule has 1 saturated heterocycles. The van der Waals surface area contributed by atoms with Gasteiger partial charge >= 0.3 is 0 Å². The van der Waals surface area contributed by atoms with Crippen LogP contribution in [-0.2, 0) is 0 Å². The number of fused-ring (bicyclic) bond motifs is 3. The van der Waals surface area contributed by atoms with Gasteiger partial charge in [-0.25, -0.2) is 0 Å². The molecule has 22 heavy (non-hydrogen) atoms. The number of piperidine rings is 1. The van der Waals surface area contributed by atoms with E-state index in [0.717, 1.165) is 11.8 Å². The van der Waals surface area contributed by atoms with Crippen molar-refractivity contribution in [2.45, 2.75) is 32.1 Å². The molecule has 2 aliphatic rings. The number of likely N-dealkylation sites (tertiary alicyclic amines) is 1. The van der Waals surface area contributed by atoms with E-state index in [1.165, 1.54) is 36.2 Å². The highest BCUT2D eigenvalue weighted by molar-refractivity contribution is 5.48. The Morgan fingerprint density at radius 2 is 1.64 bits per heavy atom. The van der Waals surface area contributed by atoms with Gasteiger partial charge in [0.15, 0.2) is 0 Å². The van der Waals surface area contributed by atoms with E-state index in [4.69, 9.17) is 0 Å². The molecule has 1 aliphatic heterocycles. The van der Waals surface area contributed by atoms with Crippen LogP contribution in [0.3, 0.4) is 0 Å². The molecule has 1 fully saturated rings. The summed E-state index contributed by atoms with van der Waals surface area (Å²) in [6.45, 7) is 6.85. The molecule has 1 heteroatoms. The highest BCUT2D eigenvalue weighted by atomic mass is 15.1. The van der Waals surface area contributed by atoms with Gasteiger partial charge in [0.2, 0.25) is 0 Å². The first-order valence-corrected chi connectivity index (χ1v) is 8.49. The standard InChI is InChI=1S/C21H25N/c1-14-4-7-16(8-5-14)21-19-12-15(2)6-9-17(19)18-10-11-22(3)13-20(18)21/h4-9,12,18,20-21H,10-11,13H2,1-3H3. The van der Waals surface area contributed by atoms with Gasteiger partial charge < -0.3 is 4.90 Å². The lowest BCUT2D eigenvalue weighted by Gasteiger charge is -2.35. The van der Waals surface area contributed by atoms with Crippen LogP contribution < -0.4 is 0 Å². The van der Waals surface area contributed by atoms with E-state index >= 15 is 0 Å². The van der Waals surface area contributed by atoms with E-state index in [1.54, 1.807) is 11.1 Å². The Bertz CT molecular complexity index is 686. The maximum absolute atomic E-state index is 2.51. The molecule has 0 bridgehead atoms. The molecule has 3 atom stereocenters. The van der Waals surface area contributed by atoms with Crippen LogP contribution in [-0.4, -0.2) is 25.0 Å². The summed E-state index contributed by atoms with van der Waals surface area (Å²) in [7, 11) is 2.27. The first kappa shape index (κ1) is 14.0. The second-order valence-electron chi connectivity index (χ2n) is 7.34. The second-order valence-corrected chi connectivity index (χ2v) is 7.34. The van der Waals surface area contributed by atoms with Gasteiger partial charge in [-0.1, -0.05) is 53.6 Å². The molecule has 0 amide bonds. The number of benzene rings is 2. The Balaban J connectivity index is 1.84. The molecule has 2 aromatic rings. The minimum absolute atomic E-state index is 0.572. The van der Waals surface area contributed by atoms with Crippen molar-refractivity contribution in [3.63, 3.8) is 0 Å². The van der Waals surface area contributed by atoms with Crippen LogP contribution in [0.1, 0.15) is 46.1 Å². The van der Waals surface area contributed by atoms with Crippen molar-refractivity contribution in [3.8, 4) is 0 Å². The predicted molar refractivity (Wildman–Crippen MR) is 92.5 cm³/mol. The van der Waals surface area contributed by atoms with Crippen molar-refractivity contribution in [3.05, 3.63) is 70.3 Å². The van der Waals surface area contributed by atoms with Crippen LogP contribution >= 0.6 is 0 Å². The maximum atomic E-state index is 2.51. The molecule has 1 aliphatic carbocycles. The van der Waals surface area contributed by atoms with E-state index < -0.39 is 0 Å². The van der Waals surface area contributed by atoms with Gasteiger partial charge in [0.05, 0.1) is 0 Å². The van der Waals surface area contributed by atoms with E-state index in [-0.39, 0.29) is 0 Å². The second kappa shape index (κ2) is 5.24. The highest BCUT2D eigenvalue weighted by Gasteiger charge is 2.43. The van der Waals surface area contributed by atoms with Crippen molar-refractivity contribution in [1.82, 2.24) is 4.90 Å². The van der Waals surface area contributed by atoms with Crippen LogP contribution in [0.15, 0.2) is 42.5 Å². The first-order valence-electron chi connectivity index (χ1n) is 8.49. The van der Waals surface area contributed by atoms with Crippen LogP contribution in [0.5, 0.6) is 0 Å². The van der Waals surface area contributed by atoms with Crippen LogP contribution in [0, 0.1) is 19.8 Å². The van der Waals surface area contributed by atoms with Crippen molar-refractivity contribution in [2.24, 2.45) is 5.92 Å². The Kier molecular flexibility index (Phi) is 3.34. The summed E-state index contributed by atoms with van der Waals surface area (Å²) < 4.78 is 0. The zero-order chi connectivity index (χ0) is 15.3.